The zero-order valence-corrected chi connectivity index (χ0v) is 10.2. The third kappa shape index (κ3) is 2.58. The molecule has 0 aromatic carbocycles. The molecule has 0 spiro atoms. The Kier molecular flexibility index (Phi) is 3.65. The first-order chi connectivity index (χ1) is 7.35. The van der Waals surface area contributed by atoms with E-state index < -0.39 is 11.5 Å². The van der Waals surface area contributed by atoms with Crippen LogP contribution in [0.5, 0.6) is 0 Å². The largest absolute Gasteiger partial charge is 0.480 e. The second kappa shape index (κ2) is 4.61. The van der Waals surface area contributed by atoms with Crippen molar-refractivity contribution in [1.82, 2.24) is 9.88 Å². The Morgan fingerprint density at radius 2 is 2.19 bits per heavy atom. The smallest absolute Gasteiger partial charge is 0.323 e. The first kappa shape index (κ1) is 12.6. The SMILES string of the molecule is Cc1ccncc1CN(C)C(C)(C)C(=O)O. The number of carboxylic acid groups (broad SMARTS) is 1. The standard InChI is InChI=1S/C12H18N2O2/c1-9-5-6-13-7-10(9)8-14(4)12(2,3)11(15)16/h5-7H,8H2,1-4H3,(H,15,16). The highest BCUT2D eigenvalue weighted by atomic mass is 16.4. The third-order valence-corrected chi connectivity index (χ3v) is 3.03. The molecule has 1 heterocycles. The Balaban J connectivity index is 2.83. The molecule has 0 aliphatic carbocycles. The van der Waals surface area contributed by atoms with Gasteiger partial charge in [0.2, 0.25) is 0 Å². The first-order valence-electron chi connectivity index (χ1n) is 5.20. The molecule has 1 rings (SSSR count). The number of pyridine rings is 1. The topological polar surface area (TPSA) is 53.4 Å². The molecule has 0 bridgehead atoms. The molecule has 0 atom stereocenters. The van der Waals surface area contributed by atoms with Crippen molar-refractivity contribution in [3.05, 3.63) is 29.6 Å². The number of hydrogen-bond acceptors (Lipinski definition) is 3. The molecule has 0 saturated carbocycles. The van der Waals surface area contributed by atoms with Gasteiger partial charge in [-0.15, -0.1) is 0 Å². The van der Waals surface area contributed by atoms with Crippen LogP contribution in [0.4, 0.5) is 0 Å². The van der Waals surface area contributed by atoms with Crippen LogP contribution in [-0.2, 0) is 11.3 Å². The number of likely N-dealkylation sites (N-methyl/N-ethyl adjacent to an activating group) is 1. The average Bonchev–Trinajstić information content (AvgIpc) is 2.21. The summed E-state index contributed by atoms with van der Waals surface area (Å²) in [6.07, 6.45) is 3.52. The fourth-order valence-corrected chi connectivity index (χ4v) is 1.28. The number of aromatic nitrogens is 1. The lowest BCUT2D eigenvalue weighted by molar-refractivity contribution is -0.148. The highest BCUT2D eigenvalue weighted by Gasteiger charge is 2.31. The van der Waals surface area contributed by atoms with Crippen molar-refractivity contribution >= 4 is 5.97 Å². The van der Waals surface area contributed by atoms with E-state index in [0.29, 0.717) is 6.54 Å². The Morgan fingerprint density at radius 3 is 2.69 bits per heavy atom. The van der Waals surface area contributed by atoms with Gasteiger partial charge in [-0.25, -0.2) is 0 Å². The van der Waals surface area contributed by atoms with Crippen LogP contribution in [0, 0.1) is 6.92 Å². The van der Waals surface area contributed by atoms with Gasteiger partial charge in [-0.05, 0) is 45.0 Å². The Hall–Kier alpha value is -1.42. The van der Waals surface area contributed by atoms with Gasteiger partial charge in [0.15, 0.2) is 0 Å². The van der Waals surface area contributed by atoms with Crippen molar-refractivity contribution in [2.45, 2.75) is 32.9 Å². The van der Waals surface area contributed by atoms with Gasteiger partial charge in [-0.2, -0.15) is 0 Å². The van der Waals surface area contributed by atoms with E-state index in [0.717, 1.165) is 11.1 Å². The summed E-state index contributed by atoms with van der Waals surface area (Å²) >= 11 is 0. The minimum Gasteiger partial charge on any atom is -0.480 e. The summed E-state index contributed by atoms with van der Waals surface area (Å²) in [6.45, 7) is 5.97. The van der Waals surface area contributed by atoms with Crippen molar-refractivity contribution in [3.8, 4) is 0 Å². The van der Waals surface area contributed by atoms with E-state index in [1.165, 1.54) is 0 Å². The summed E-state index contributed by atoms with van der Waals surface area (Å²) < 4.78 is 0. The van der Waals surface area contributed by atoms with Gasteiger partial charge in [0.25, 0.3) is 0 Å². The molecule has 0 aliphatic heterocycles. The molecule has 0 unspecified atom stereocenters. The maximum Gasteiger partial charge on any atom is 0.323 e. The number of carboxylic acids is 1. The number of nitrogens with zero attached hydrogens (tertiary/aromatic N) is 2. The number of carbonyl (C=O) groups is 1. The van der Waals surface area contributed by atoms with Crippen LogP contribution < -0.4 is 0 Å². The molecule has 1 N–H and O–H groups in total. The molecule has 1 aromatic heterocycles. The van der Waals surface area contributed by atoms with Crippen LogP contribution in [0.1, 0.15) is 25.0 Å². The number of rotatable bonds is 4. The van der Waals surface area contributed by atoms with Gasteiger partial charge in [0.05, 0.1) is 0 Å². The van der Waals surface area contributed by atoms with Crippen molar-refractivity contribution in [1.29, 1.82) is 0 Å². The molecule has 0 radical (unpaired) electrons. The van der Waals surface area contributed by atoms with E-state index in [9.17, 15) is 4.79 Å². The fourth-order valence-electron chi connectivity index (χ4n) is 1.28. The first-order valence-corrected chi connectivity index (χ1v) is 5.20. The highest BCUT2D eigenvalue weighted by Crippen LogP contribution is 2.17. The van der Waals surface area contributed by atoms with Crippen molar-refractivity contribution in [2.75, 3.05) is 7.05 Å². The summed E-state index contributed by atoms with van der Waals surface area (Å²) in [5.74, 6) is -0.823. The van der Waals surface area contributed by atoms with Gasteiger partial charge < -0.3 is 5.11 Å². The fraction of sp³-hybridized carbons (Fsp3) is 0.500. The number of aliphatic carboxylic acids is 1. The third-order valence-electron chi connectivity index (χ3n) is 3.03. The maximum absolute atomic E-state index is 11.1. The minimum atomic E-state index is -0.873. The molecule has 88 valence electrons. The van der Waals surface area contributed by atoms with Crippen LogP contribution in [0.25, 0.3) is 0 Å². The molecule has 4 heteroatoms. The van der Waals surface area contributed by atoms with Crippen LogP contribution in [0.15, 0.2) is 18.5 Å². The second-order valence-corrected chi connectivity index (χ2v) is 4.52. The van der Waals surface area contributed by atoms with Gasteiger partial charge in [-0.1, -0.05) is 0 Å². The zero-order chi connectivity index (χ0) is 12.3. The molecule has 0 aliphatic rings. The highest BCUT2D eigenvalue weighted by molar-refractivity contribution is 5.77. The molecular weight excluding hydrogens is 204 g/mol. The van der Waals surface area contributed by atoms with E-state index in [-0.39, 0.29) is 0 Å². The van der Waals surface area contributed by atoms with E-state index in [1.807, 2.05) is 13.0 Å². The average molecular weight is 222 g/mol. The maximum atomic E-state index is 11.1. The zero-order valence-electron chi connectivity index (χ0n) is 10.2. The number of aryl methyl sites for hydroxylation is 1. The number of hydrogen-bond donors (Lipinski definition) is 1. The van der Waals surface area contributed by atoms with Gasteiger partial charge in [-0.3, -0.25) is 14.7 Å². The lowest BCUT2D eigenvalue weighted by Crippen LogP contribution is -2.47. The van der Waals surface area contributed by atoms with Crippen molar-refractivity contribution in [2.24, 2.45) is 0 Å². The van der Waals surface area contributed by atoms with Crippen molar-refractivity contribution < 1.29 is 9.90 Å². The normalized spacial score (nSPS) is 11.8. The van der Waals surface area contributed by atoms with E-state index in [2.05, 4.69) is 4.98 Å². The van der Waals surface area contributed by atoms with Crippen LogP contribution in [-0.4, -0.2) is 33.5 Å². The Morgan fingerprint density at radius 1 is 1.56 bits per heavy atom. The summed E-state index contributed by atoms with van der Waals surface area (Å²) in [5.41, 5.74) is 1.31. The van der Waals surface area contributed by atoms with Gasteiger partial charge >= 0.3 is 5.97 Å². The molecule has 4 nitrogen and oxygen atoms in total. The Bertz CT molecular complexity index is 388. The van der Waals surface area contributed by atoms with E-state index in [4.69, 9.17) is 5.11 Å². The molecule has 16 heavy (non-hydrogen) atoms. The van der Waals surface area contributed by atoms with Crippen LogP contribution >= 0.6 is 0 Å². The lowest BCUT2D eigenvalue weighted by Gasteiger charge is -2.31. The van der Waals surface area contributed by atoms with E-state index >= 15 is 0 Å². The minimum absolute atomic E-state index is 0.582. The molecule has 0 saturated heterocycles. The molecule has 0 fully saturated rings. The summed E-state index contributed by atoms with van der Waals surface area (Å²) in [6, 6.07) is 1.93. The molecule has 0 amide bonds. The molecular formula is C12H18N2O2. The van der Waals surface area contributed by atoms with Gasteiger partial charge in [0.1, 0.15) is 5.54 Å². The lowest BCUT2D eigenvalue weighted by atomic mass is 10.0. The quantitative estimate of drug-likeness (QED) is 0.842. The predicted molar refractivity (Wildman–Crippen MR) is 62.2 cm³/mol. The van der Waals surface area contributed by atoms with Crippen LogP contribution in [0.3, 0.4) is 0 Å². The monoisotopic (exact) mass is 222 g/mol. The summed E-state index contributed by atoms with van der Waals surface area (Å²) in [5, 5.41) is 9.10. The molecule has 1 aromatic rings. The second-order valence-electron chi connectivity index (χ2n) is 4.52. The summed E-state index contributed by atoms with van der Waals surface area (Å²) in [4.78, 5) is 16.9. The Labute approximate surface area is 95.9 Å². The van der Waals surface area contributed by atoms with Crippen LogP contribution in [0.2, 0.25) is 0 Å². The summed E-state index contributed by atoms with van der Waals surface area (Å²) in [7, 11) is 1.81. The van der Waals surface area contributed by atoms with Crippen molar-refractivity contribution in [3.63, 3.8) is 0 Å². The van der Waals surface area contributed by atoms with Gasteiger partial charge in [0, 0.05) is 18.9 Å². The predicted octanol–water partition coefficient (Wildman–Crippen LogP) is 1.69. The van der Waals surface area contributed by atoms with E-state index in [1.54, 1.807) is 38.2 Å².